The molecule has 2 aliphatic heterocycles. The maximum absolute atomic E-state index is 11.4. The van der Waals surface area contributed by atoms with Crippen LogP contribution in [-0.2, 0) is 9.84 Å². The Hall–Kier alpha value is -1.27. The number of rotatable bonds is 4. The van der Waals surface area contributed by atoms with Gasteiger partial charge in [0, 0.05) is 18.8 Å². The van der Waals surface area contributed by atoms with Gasteiger partial charge in [-0.25, -0.2) is 8.42 Å². The van der Waals surface area contributed by atoms with Gasteiger partial charge < -0.3 is 9.47 Å². The summed E-state index contributed by atoms with van der Waals surface area (Å²) < 4.78 is 33.9. The van der Waals surface area contributed by atoms with Crippen LogP contribution in [0.1, 0.15) is 24.4 Å². The molecule has 6 heteroatoms. The first-order chi connectivity index (χ1) is 10.0. The summed E-state index contributed by atoms with van der Waals surface area (Å²) in [5.74, 6) is 1.81. The minimum Gasteiger partial charge on any atom is -0.486 e. The molecular weight excluding hydrogens is 290 g/mol. The third-order valence-electron chi connectivity index (χ3n) is 4.06. The highest BCUT2D eigenvalue weighted by Crippen LogP contribution is 2.37. The quantitative estimate of drug-likeness (QED) is 0.846. The molecule has 0 amide bonds. The summed E-state index contributed by atoms with van der Waals surface area (Å²) in [6.07, 6.45) is 3.45. The number of hydrogen-bond donors (Lipinski definition) is 0. The minimum atomic E-state index is -2.92. The summed E-state index contributed by atoms with van der Waals surface area (Å²) in [5.41, 5.74) is 1.19. The maximum Gasteiger partial charge on any atom is 0.161 e. The van der Waals surface area contributed by atoms with Gasteiger partial charge in [0.2, 0.25) is 0 Å². The van der Waals surface area contributed by atoms with E-state index in [-0.39, 0.29) is 11.8 Å². The van der Waals surface area contributed by atoms with Crippen LogP contribution in [0.15, 0.2) is 18.2 Å². The molecule has 116 valence electrons. The predicted molar refractivity (Wildman–Crippen MR) is 80.7 cm³/mol. The zero-order chi connectivity index (χ0) is 14.9. The van der Waals surface area contributed by atoms with Gasteiger partial charge in [-0.3, -0.25) is 4.90 Å². The Morgan fingerprint density at radius 2 is 2.00 bits per heavy atom. The van der Waals surface area contributed by atoms with E-state index in [1.165, 1.54) is 11.8 Å². The molecule has 0 aliphatic carbocycles. The van der Waals surface area contributed by atoms with Crippen LogP contribution >= 0.6 is 0 Å². The van der Waals surface area contributed by atoms with E-state index in [0.717, 1.165) is 30.9 Å². The third kappa shape index (κ3) is 3.49. The molecule has 0 bridgehead atoms. The van der Waals surface area contributed by atoms with Crippen LogP contribution in [-0.4, -0.2) is 51.6 Å². The van der Waals surface area contributed by atoms with Crippen molar-refractivity contribution in [3.8, 4) is 11.5 Å². The predicted octanol–water partition coefficient (Wildman–Crippen LogP) is 1.64. The Morgan fingerprint density at radius 3 is 2.76 bits per heavy atom. The van der Waals surface area contributed by atoms with Crippen LogP contribution in [0, 0.1) is 0 Å². The van der Waals surface area contributed by atoms with Gasteiger partial charge in [0.15, 0.2) is 11.5 Å². The van der Waals surface area contributed by atoms with E-state index < -0.39 is 9.84 Å². The van der Waals surface area contributed by atoms with Crippen molar-refractivity contribution in [1.82, 2.24) is 4.90 Å². The highest BCUT2D eigenvalue weighted by molar-refractivity contribution is 7.90. The van der Waals surface area contributed by atoms with Gasteiger partial charge in [-0.2, -0.15) is 0 Å². The second kappa shape index (κ2) is 5.85. The summed E-state index contributed by atoms with van der Waals surface area (Å²) in [4.78, 5) is 2.26. The molecule has 1 aromatic rings. The van der Waals surface area contributed by atoms with Gasteiger partial charge in [-0.05, 0) is 37.1 Å². The van der Waals surface area contributed by atoms with Gasteiger partial charge in [0.25, 0.3) is 0 Å². The minimum absolute atomic E-state index is 0.216. The number of fused-ring (bicyclic) bond motifs is 1. The van der Waals surface area contributed by atoms with Gasteiger partial charge in [0.1, 0.15) is 23.1 Å². The van der Waals surface area contributed by atoms with Crippen LogP contribution in [0.4, 0.5) is 0 Å². The molecule has 1 atom stereocenters. The Labute approximate surface area is 125 Å². The number of ether oxygens (including phenoxy) is 2. The normalized spacial score (nSPS) is 22.4. The average Bonchev–Trinajstić information content (AvgIpc) is 2.92. The van der Waals surface area contributed by atoms with E-state index in [4.69, 9.17) is 9.47 Å². The molecule has 0 spiro atoms. The fourth-order valence-electron chi connectivity index (χ4n) is 3.02. The molecule has 2 aliphatic rings. The van der Waals surface area contributed by atoms with Crippen LogP contribution in [0.5, 0.6) is 11.5 Å². The SMILES string of the molecule is CS(=O)(=O)CCN1CCCC1c1ccc2c(c1)OCCO2. The van der Waals surface area contributed by atoms with E-state index in [2.05, 4.69) is 11.0 Å². The monoisotopic (exact) mass is 311 g/mol. The molecule has 5 nitrogen and oxygen atoms in total. The van der Waals surface area contributed by atoms with E-state index in [1.54, 1.807) is 0 Å². The molecular formula is C15H21NO4S. The molecule has 1 aromatic carbocycles. The molecule has 1 fully saturated rings. The average molecular weight is 311 g/mol. The summed E-state index contributed by atoms with van der Waals surface area (Å²) in [7, 11) is -2.92. The summed E-state index contributed by atoms with van der Waals surface area (Å²) in [6.45, 7) is 2.72. The van der Waals surface area contributed by atoms with Crippen molar-refractivity contribution in [3.05, 3.63) is 23.8 Å². The molecule has 1 unspecified atom stereocenters. The second-order valence-electron chi connectivity index (χ2n) is 5.73. The van der Waals surface area contributed by atoms with Gasteiger partial charge in [0.05, 0.1) is 5.75 Å². The first-order valence-electron chi connectivity index (χ1n) is 7.34. The second-order valence-corrected chi connectivity index (χ2v) is 7.99. The smallest absolute Gasteiger partial charge is 0.161 e. The fourth-order valence-corrected chi connectivity index (χ4v) is 3.59. The molecule has 0 aromatic heterocycles. The lowest BCUT2D eigenvalue weighted by molar-refractivity contribution is 0.170. The summed E-state index contributed by atoms with van der Waals surface area (Å²) >= 11 is 0. The van der Waals surface area contributed by atoms with Crippen LogP contribution in [0.3, 0.4) is 0 Å². The molecule has 21 heavy (non-hydrogen) atoms. The van der Waals surface area contributed by atoms with Crippen molar-refractivity contribution < 1.29 is 17.9 Å². The lowest BCUT2D eigenvalue weighted by Crippen LogP contribution is -2.29. The van der Waals surface area contributed by atoms with E-state index in [0.29, 0.717) is 19.8 Å². The van der Waals surface area contributed by atoms with Crippen LogP contribution < -0.4 is 9.47 Å². The Kier molecular flexibility index (Phi) is 4.08. The van der Waals surface area contributed by atoms with Crippen molar-refractivity contribution in [2.45, 2.75) is 18.9 Å². The van der Waals surface area contributed by atoms with E-state index in [1.807, 2.05) is 12.1 Å². The van der Waals surface area contributed by atoms with Crippen molar-refractivity contribution in [2.24, 2.45) is 0 Å². The zero-order valence-electron chi connectivity index (χ0n) is 12.2. The van der Waals surface area contributed by atoms with Crippen LogP contribution in [0.25, 0.3) is 0 Å². The van der Waals surface area contributed by atoms with Crippen molar-refractivity contribution in [3.63, 3.8) is 0 Å². The third-order valence-corrected chi connectivity index (χ3v) is 4.99. The van der Waals surface area contributed by atoms with Crippen LogP contribution in [0.2, 0.25) is 0 Å². The van der Waals surface area contributed by atoms with E-state index >= 15 is 0 Å². The lowest BCUT2D eigenvalue weighted by atomic mass is 10.0. The molecule has 0 radical (unpaired) electrons. The van der Waals surface area contributed by atoms with Gasteiger partial charge >= 0.3 is 0 Å². The summed E-state index contributed by atoms with van der Waals surface area (Å²) in [6, 6.07) is 6.34. The Morgan fingerprint density at radius 1 is 1.24 bits per heavy atom. The number of nitrogens with zero attached hydrogens (tertiary/aromatic N) is 1. The molecule has 2 heterocycles. The fraction of sp³-hybridized carbons (Fsp3) is 0.600. The molecule has 3 rings (SSSR count). The zero-order valence-corrected chi connectivity index (χ0v) is 13.1. The van der Waals surface area contributed by atoms with E-state index in [9.17, 15) is 8.42 Å². The lowest BCUT2D eigenvalue weighted by Gasteiger charge is -2.26. The van der Waals surface area contributed by atoms with Crippen molar-refractivity contribution in [1.29, 1.82) is 0 Å². The molecule has 1 saturated heterocycles. The van der Waals surface area contributed by atoms with Crippen molar-refractivity contribution in [2.75, 3.05) is 38.3 Å². The number of sulfone groups is 1. The maximum atomic E-state index is 11.4. The van der Waals surface area contributed by atoms with Gasteiger partial charge in [-0.1, -0.05) is 6.07 Å². The first kappa shape index (κ1) is 14.7. The Balaban J connectivity index is 1.75. The number of benzene rings is 1. The standard InChI is InChI=1S/C15H21NO4S/c1-21(17,18)10-7-16-6-2-3-13(16)12-4-5-14-15(11-12)20-9-8-19-14/h4-5,11,13H,2-3,6-10H2,1H3. The number of hydrogen-bond acceptors (Lipinski definition) is 5. The highest BCUT2D eigenvalue weighted by atomic mass is 32.2. The Bertz CT molecular complexity index is 614. The largest absolute Gasteiger partial charge is 0.486 e. The topological polar surface area (TPSA) is 55.8 Å². The van der Waals surface area contributed by atoms with Gasteiger partial charge in [-0.15, -0.1) is 0 Å². The molecule has 0 saturated carbocycles. The summed E-state index contributed by atoms with van der Waals surface area (Å²) in [5, 5.41) is 0. The molecule has 0 N–H and O–H groups in total. The first-order valence-corrected chi connectivity index (χ1v) is 9.40. The number of likely N-dealkylation sites (tertiary alicyclic amines) is 1. The van der Waals surface area contributed by atoms with Crippen molar-refractivity contribution >= 4 is 9.84 Å². The highest BCUT2D eigenvalue weighted by Gasteiger charge is 2.27.